The number of nitrogens with zero attached hydrogens (tertiary/aromatic N) is 1. The van der Waals surface area contributed by atoms with Crippen LogP contribution in [0.1, 0.15) is 18.5 Å². The minimum Gasteiger partial charge on any atom is -0.497 e. The summed E-state index contributed by atoms with van der Waals surface area (Å²) in [5.74, 6) is 0.806. The van der Waals surface area contributed by atoms with E-state index in [2.05, 4.69) is 10.6 Å². The van der Waals surface area contributed by atoms with Crippen LogP contribution in [-0.4, -0.2) is 44.2 Å². The van der Waals surface area contributed by atoms with Gasteiger partial charge in [0.05, 0.1) is 13.2 Å². The lowest BCUT2D eigenvalue weighted by atomic mass is 10.1. The number of ether oxygens (including phenoxy) is 1. The van der Waals surface area contributed by atoms with Crippen molar-refractivity contribution in [2.45, 2.75) is 13.0 Å². The van der Waals surface area contributed by atoms with Gasteiger partial charge in [0.15, 0.2) is 0 Å². The van der Waals surface area contributed by atoms with Crippen LogP contribution in [0.5, 0.6) is 5.75 Å². The number of benzene rings is 1. The number of amides is 2. The maximum atomic E-state index is 12.1. The summed E-state index contributed by atoms with van der Waals surface area (Å²) in [6, 6.07) is 7.73. The van der Waals surface area contributed by atoms with Crippen molar-refractivity contribution >= 4 is 18.4 Å². The van der Waals surface area contributed by atoms with Gasteiger partial charge in [0.2, 0.25) is 0 Å². The highest BCUT2D eigenvalue weighted by molar-refractivity contribution is 5.85. The Morgan fingerprint density at radius 3 is 2.75 bits per heavy atom. The van der Waals surface area contributed by atoms with Crippen LogP contribution < -0.4 is 15.4 Å². The van der Waals surface area contributed by atoms with Crippen LogP contribution in [0.2, 0.25) is 0 Å². The Hall–Kier alpha value is -1.46. The summed E-state index contributed by atoms with van der Waals surface area (Å²) >= 11 is 0. The molecule has 0 radical (unpaired) electrons. The van der Waals surface area contributed by atoms with Crippen molar-refractivity contribution < 1.29 is 9.53 Å². The summed E-state index contributed by atoms with van der Waals surface area (Å²) in [6.07, 6.45) is 0. The number of methoxy groups -OCH3 is 1. The molecule has 2 N–H and O–H groups in total. The average molecular weight is 300 g/mol. The van der Waals surface area contributed by atoms with Gasteiger partial charge in [-0.25, -0.2) is 4.79 Å². The van der Waals surface area contributed by atoms with E-state index in [1.54, 1.807) is 7.11 Å². The molecule has 20 heavy (non-hydrogen) atoms. The fourth-order valence-corrected chi connectivity index (χ4v) is 2.14. The molecule has 1 aromatic carbocycles. The molecule has 1 saturated heterocycles. The molecular formula is C14H22ClN3O2. The first-order valence-corrected chi connectivity index (χ1v) is 6.61. The molecule has 0 unspecified atom stereocenters. The van der Waals surface area contributed by atoms with Gasteiger partial charge in [-0.05, 0) is 24.6 Å². The first kappa shape index (κ1) is 16.6. The van der Waals surface area contributed by atoms with E-state index in [0.717, 1.165) is 37.5 Å². The first-order valence-electron chi connectivity index (χ1n) is 6.61. The second-order valence-corrected chi connectivity index (χ2v) is 4.68. The number of nitrogens with one attached hydrogen (secondary N) is 2. The Bertz CT molecular complexity index is 436. The van der Waals surface area contributed by atoms with Crippen molar-refractivity contribution in [2.75, 3.05) is 33.3 Å². The van der Waals surface area contributed by atoms with Gasteiger partial charge < -0.3 is 20.3 Å². The van der Waals surface area contributed by atoms with E-state index in [0.29, 0.717) is 0 Å². The Morgan fingerprint density at radius 2 is 2.10 bits per heavy atom. The van der Waals surface area contributed by atoms with Crippen LogP contribution in [0.4, 0.5) is 4.79 Å². The molecule has 6 heteroatoms. The van der Waals surface area contributed by atoms with E-state index in [1.165, 1.54) is 0 Å². The molecule has 0 aromatic heterocycles. The summed E-state index contributed by atoms with van der Waals surface area (Å²) < 4.78 is 5.19. The molecular weight excluding hydrogens is 278 g/mol. The second kappa shape index (κ2) is 7.97. The van der Waals surface area contributed by atoms with Crippen LogP contribution in [0.25, 0.3) is 0 Å². The standard InChI is InChI=1S/C14H21N3O2.ClH/c1-11(12-4-3-5-13(10-12)19-2)16-14(18)17-8-6-15-7-9-17;/h3-5,10-11,15H,6-9H2,1-2H3,(H,16,18);1H/t11-;/m1./s1. The molecule has 1 atom stereocenters. The van der Waals surface area contributed by atoms with Crippen LogP contribution >= 0.6 is 12.4 Å². The highest BCUT2D eigenvalue weighted by Crippen LogP contribution is 2.18. The maximum Gasteiger partial charge on any atom is 0.317 e. The van der Waals surface area contributed by atoms with Crippen molar-refractivity contribution in [1.82, 2.24) is 15.5 Å². The van der Waals surface area contributed by atoms with Crippen LogP contribution in [0.15, 0.2) is 24.3 Å². The second-order valence-electron chi connectivity index (χ2n) is 4.68. The predicted molar refractivity (Wildman–Crippen MR) is 81.6 cm³/mol. The minimum atomic E-state index is -0.0301. The Kier molecular flexibility index (Phi) is 6.61. The van der Waals surface area contributed by atoms with E-state index in [1.807, 2.05) is 36.1 Å². The third-order valence-corrected chi connectivity index (χ3v) is 3.34. The molecule has 0 bridgehead atoms. The number of rotatable bonds is 3. The van der Waals surface area contributed by atoms with E-state index in [4.69, 9.17) is 4.74 Å². The highest BCUT2D eigenvalue weighted by atomic mass is 35.5. The molecule has 5 nitrogen and oxygen atoms in total. The highest BCUT2D eigenvalue weighted by Gasteiger charge is 2.18. The third-order valence-electron chi connectivity index (χ3n) is 3.34. The molecule has 0 aliphatic carbocycles. The summed E-state index contributed by atoms with van der Waals surface area (Å²) in [5.41, 5.74) is 1.04. The number of carbonyl (C=O) groups excluding carboxylic acids is 1. The molecule has 112 valence electrons. The monoisotopic (exact) mass is 299 g/mol. The lowest BCUT2D eigenvalue weighted by Gasteiger charge is -2.29. The molecule has 1 fully saturated rings. The van der Waals surface area contributed by atoms with Gasteiger partial charge in [0.1, 0.15) is 5.75 Å². The van der Waals surface area contributed by atoms with Crippen molar-refractivity contribution in [3.05, 3.63) is 29.8 Å². The molecule has 1 aliphatic heterocycles. The van der Waals surface area contributed by atoms with Gasteiger partial charge in [-0.3, -0.25) is 0 Å². The van der Waals surface area contributed by atoms with E-state index < -0.39 is 0 Å². The Morgan fingerprint density at radius 1 is 1.40 bits per heavy atom. The third kappa shape index (κ3) is 4.28. The number of halogens is 1. The SMILES string of the molecule is COc1cccc([C@@H](C)NC(=O)N2CCNCC2)c1.Cl. The average Bonchev–Trinajstić information content (AvgIpc) is 2.48. The summed E-state index contributed by atoms with van der Waals surface area (Å²) in [7, 11) is 1.64. The fraction of sp³-hybridized carbons (Fsp3) is 0.500. The Balaban J connectivity index is 0.00000200. The van der Waals surface area contributed by atoms with Crippen molar-refractivity contribution in [3.8, 4) is 5.75 Å². The van der Waals surface area contributed by atoms with Gasteiger partial charge in [-0.15, -0.1) is 12.4 Å². The molecule has 2 amide bonds. The molecule has 1 aromatic rings. The number of carbonyl (C=O) groups is 1. The molecule has 1 heterocycles. The Labute approximate surface area is 126 Å². The van der Waals surface area contributed by atoms with Crippen molar-refractivity contribution in [1.29, 1.82) is 0 Å². The topological polar surface area (TPSA) is 53.6 Å². The summed E-state index contributed by atoms with van der Waals surface area (Å²) in [6.45, 7) is 5.23. The van der Waals surface area contributed by atoms with Gasteiger partial charge >= 0.3 is 6.03 Å². The number of piperazine rings is 1. The molecule has 0 saturated carbocycles. The smallest absolute Gasteiger partial charge is 0.317 e. The zero-order valence-corrected chi connectivity index (χ0v) is 12.7. The molecule has 0 spiro atoms. The lowest BCUT2D eigenvalue weighted by Crippen LogP contribution is -2.50. The molecule has 1 aliphatic rings. The van der Waals surface area contributed by atoms with E-state index in [9.17, 15) is 4.79 Å². The van der Waals surface area contributed by atoms with Crippen LogP contribution in [-0.2, 0) is 0 Å². The van der Waals surface area contributed by atoms with Crippen molar-refractivity contribution in [3.63, 3.8) is 0 Å². The van der Waals surface area contributed by atoms with Gasteiger partial charge in [-0.2, -0.15) is 0 Å². The maximum absolute atomic E-state index is 12.1. The van der Waals surface area contributed by atoms with Gasteiger partial charge in [0.25, 0.3) is 0 Å². The van der Waals surface area contributed by atoms with E-state index >= 15 is 0 Å². The predicted octanol–water partition coefficient (Wildman–Crippen LogP) is 1.79. The van der Waals surface area contributed by atoms with Crippen LogP contribution in [0, 0.1) is 0 Å². The molecule has 2 rings (SSSR count). The summed E-state index contributed by atoms with van der Waals surface area (Å²) in [5, 5.41) is 6.25. The fourth-order valence-electron chi connectivity index (χ4n) is 2.14. The zero-order valence-electron chi connectivity index (χ0n) is 11.9. The number of urea groups is 1. The largest absolute Gasteiger partial charge is 0.497 e. The van der Waals surface area contributed by atoms with Crippen LogP contribution in [0.3, 0.4) is 0 Å². The zero-order chi connectivity index (χ0) is 13.7. The summed E-state index contributed by atoms with van der Waals surface area (Å²) in [4.78, 5) is 13.9. The first-order chi connectivity index (χ1) is 9.20. The minimum absolute atomic E-state index is 0. The lowest BCUT2D eigenvalue weighted by molar-refractivity contribution is 0.187. The van der Waals surface area contributed by atoms with E-state index in [-0.39, 0.29) is 24.5 Å². The number of hydrogen-bond donors (Lipinski definition) is 2. The van der Waals surface area contributed by atoms with Gasteiger partial charge in [0, 0.05) is 26.2 Å². The quantitative estimate of drug-likeness (QED) is 0.895. The number of hydrogen-bond acceptors (Lipinski definition) is 3. The van der Waals surface area contributed by atoms with Gasteiger partial charge in [-0.1, -0.05) is 12.1 Å². The normalized spacial score (nSPS) is 16.0. The van der Waals surface area contributed by atoms with Crippen molar-refractivity contribution in [2.24, 2.45) is 0 Å².